The number of ether oxygens (including phenoxy) is 1. The van der Waals surface area contributed by atoms with Gasteiger partial charge in [-0.2, -0.15) is 0 Å². The van der Waals surface area contributed by atoms with Crippen LogP contribution in [-0.2, 0) is 0 Å². The number of rotatable bonds is 3. The molecule has 2 rings (SSSR count). The second kappa shape index (κ2) is 4.51. The largest absolute Gasteiger partial charge is 0.497 e. The zero-order chi connectivity index (χ0) is 12.4. The minimum atomic E-state index is -1.12. The summed E-state index contributed by atoms with van der Waals surface area (Å²) in [4.78, 5) is 10.7. The van der Waals surface area contributed by atoms with Crippen LogP contribution in [0.25, 0.3) is 11.3 Å². The van der Waals surface area contributed by atoms with Gasteiger partial charge in [0.1, 0.15) is 11.5 Å². The minimum Gasteiger partial charge on any atom is -0.497 e. The number of hydrogen-bond donors (Lipinski definition) is 1. The van der Waals surface area contributed by atoms with Crippen LogP contribution in [0.3, 0.4) is 0 Å². The molecule has 0 radical (unpaired) electrons. The maximum atomic E-state index is 10.7. The summed E-state index contributed by atoms with van der Waals surface area (Å²) in [6.07, 6.45) is 0. The molecule has 5 heteroatoms. The Morgan fingerprint density at radius 2 is 2.12 bits per heavy atom. The lowest BCUT2D eigenvalue weighted by Crippen LogP contribution is -1.91. The van der Waals surface area contributed by atoms with Crippen LogP contribution in [0.15, 0.2) is 34.7 Å². The highest BCUT2D eigenvalue weighted by Crippen LogP contribution is 2.32. The Balaban J connectivity index is 2.47. The Morgan fingerprint density at radius 3 is 2.71 bits per heavy atom. The molecular formula is C12H9ClO4. The maximum absolute atomic E-state index is 10.7. The summed E-state index contributed by atoms with van der Waals surface area (Å²) in [5.41, 5.74) is 0.596. The van der Waals surface area contributed by atoms with Gasteiger partial charge < -0.3 is 14.3 Å². The van der Waals surface area contributed by atoms with Gasteiger partial charge in [0.05, 0.1) is 12.1 Å². The second-order valence-electron chi connectivity index (χ2n) is 3.31. The topological polar surface area (TPSA) is 59.7 Å². The van der Waals surface area contributed by atoms with E-state index in [2.05, 4.69) is 0 Å². The molecule has 1 heterocycles. The van der Waals surface area contributed by atoms with Gasteiger partial charge in [0, 0.05) is 5.56 Å². The van der Waals surface area contributed by atoms with E-state index in [1.165, 1.54) is 13.2 Å². The fraction of sp³-hybridized carbons (Fsp3) is 0.0833. The molecule has 2 aromatic rings. The molecular weight excluding hydrogens is 244 g/mol. The van der Waals surface area contributed by atoms with Gasteiger partial charge in [0.15, 0.2) is 0 Å². The number of hydrogen-bond acceptors (Lipinski definition) is 3. The molecule has 17 heavy (non-hydrogen) atoms. The lowest BCUT2D eigenvalue weighted by molar-refractivity contribution is 0.0663. The van der Waals surface area contributed by atoms with E-state index in [-0.39, 0.29) is 5.76 Å². The molecule has 0 atom stereocenters. The molecule has 0 aliphatic carbocycles. The minimum absolute atomic E-state index is 0.126. The van der Waals surface area contributed by atoms with E-state index in [4.69, 9.17) is 25.9 Å². The third kappa shape index (κ3) is 2.26. The van der Waals surface area contributed by atoms with Crippen LogP contribution in [0, 0.1) is 0 Å². The third-order valence-corrected chi connectivity index (χ3v) is 2.59. The van der Waals surface area contributed by atoms with E-state index in [0.29, 0.717) is 22.1 Å². The van der Waals surface area contributed by atoms with Crippen molar-refractivity contribution in [3.05, 3.63) is 41.1 Å². The first-order valence-corrected chi connectivity index (χ1v) is 5.16. The Morgan fingerprint density at radius 1 is 1.35 bits per heavy atom. The zero-order valence-electron chi connectivity index (χ0n) is 8.94. The van der Waals surface area contributed by atoms with Gasteiger partial charge in [0.25, 0.3) is 0 Å². The van der Waals surface area contributed by atoms with Gasteiger partial charge in [0.2, 0.25) is 5.76 Å². The van der Waals surface area contributed by atoms with Crippen molar-refractivity contribution in [3.8, 4) is 17.1 Å². The maximum Gasteiger partial charge on any atom is 0.371 e. The van der Waals surface area contributed by atoms with E-state index < -0.39 is 5.97 Å². The molecule has 1 aromatic heterocycles. The van der Waals surface area contributed by atoms with Crippen LogP contribution >= 0.6 is 11.6 Å². The highest BCUT2D eigenvalue weighted by Gasteiger charge is 2.13. The quantitative estimate of drug-likeness (QED) is 0.910. The lowest BCUT2D eigenvalue weighted by Gasteiger charge is -2.04. The first kappa shape index (κ1) is 11.5. The van der Waals surface area contributed by atoms with Crippen molar-refractivity contribution >= 4 is 17.6 Å². The van der Waals surface area contributed by atoms with E-state index in [9.17, 15) is 4.79 Å². The van der Waals surface area contributed by atoms with Gasteiger partial charge in [-0.05, 0) is 30.3 Å². The fourth-order valence-corrected chi connectivity index (χ4v) is 1.63. The Kier molecular flexibility index (Phi) is 3.06. The molecule has 0 fully saturated rings. The Bertz CT molecular complexity index is 559. The molecule has 0 aliphatic rings. The number of carbonyl (C=O) groups is 1. The number of furan rings is 1. The van der Waals surface area contributed by atoms with E-state index in [1.807, 2.05) is 0 Å². The predicted octanol–water partition coefficient (Wildman–Crippen LogP) is 3.31. The summed E-state index contributed by atoms with van der Waals surface area (Å²) in [6, 6.07) is 8.01. The van der Waals surface area contributed by atoms with E-state index in [0.717, 1.165) is 0 Å². The van der Waals surface area contributed by atoms with Crippen molar-refractivity contribution in [2.24, 2.45) is 0 Å². The zero-order valence-corrected chi connectivity index (χ0v) is 9.69. The van der Waals surface area contributed by atoms with Crippen molar-refractivity contribution in [2.45, 2.75) is 0 Å². The van der Waals surface area contributed by atoms with Crippen molar-refractivity contribution in [2.75, 3.05) is 7.11 Å². The number of methoxy groups -OCH3 is 1. The molecule has 0 unspecified atom stereocenters. The molecule has 0 saturated carbocycles. The molecule has 1 aromatic carbocycles. The van der Waals surface area contributed by atoms with Gasteiger partial charge in [-0.3, -0.25) is 0 Å². The van der Waals surface area contributed by atoms with Crippen LogP contribution < -0.4 is 4.74 Å². The van der Waals surface area contributed by atoms with Crippen molar-refractivity contribution in [3.63, 3.8) is 0 Å². The number of carboxylic acid groups (broad SMARTS) is 1. The lowest BCUT2D eigenvalue weighted by atomic mass is 10.1. The van der Waals surface area contributed by atoms with Gasteiger partial charge in [-0.25, -0.2) is 4.79 Å². The van der Waals surface area contributed by atoms with Crippen molar-refractivity contribution in [1.29, 1.82) is 0 Å². The SMILES string of the molecule is COc1ccc(Cl)c(-c2ccc(C(=O)O)o2)c1. The number of benzene rings is 1. The molecule has 0 bridgehead atoms. The van der Waals surface area contributed by atoms with Gasteiger partial charge in [-0.1, -0.05) is 11.6 Å². The average Bonchev–Trinajstić information content (AvgIpc) is 2.79. The molecule has 88 valence electrons. The standard InChI is InChI=1S/C12H9ClO4/c1-16-7-2-3-9(13)8(6-7)10-4-5-11(17-10)12(14)15/h2-6H,1H3,(H,14,15). The first-order valence-electron chi connectivity index (χ1n) is 4.79. The van der Waals surface area contributed by atoms with Gasteiger partial charge >= 0.3 is 5.97 Å². The monoisotopic (exact) mass is 252 g/mol. The summed E-state index contributed by atoms with van der Waals surface area (Å²) in [6.45, 7) is 0. The predicted molar refractivity (Wildman–Crippen MR) is 62.7 cm³/mol. The average molecular weight is 253 g/mol. The summed E-state index contributed by atoms with van der Waals surface area (Å²) in [5, 5.41) is 9.23. The summed E-state index contributed by atoms with van der Waals surface area (Å²) < 4.78 is 10.2. The summed E-state index contributed by atoms with van der Waals surface area (Å²) in [7, 11) is 1.54. The van der Waals surface area contributed by atoms with Gasteiger partial charge in [-0.15, -0.1) is 0 Å². The van der Waals surface area contributed by atoms with E-state index in [1.54, 1.807) is 24.3 Å². The smallest absolute Gasteiger partial charge is 0.371 e. The third-order valence-electron chi connectivity index (χ3n) is 2.26. The second-order valence-corrected chi connectivity index (χ2v) is 3.72. The highest BCUT2D eigenvalue weighted by atomic mass is 35.5. The molecule has 0 aliphatic heterocycles. The van der Waals surface area contributed by atoms with Crippen molar-refractivity contribution in [1.82, 2.24) is 0 Å². The van der Waals surface area contributed by atoms with Crippen LogP contribution in [0.5, 0.6) is 5.75 Å². The molecule has 1 N–H and O–H groups in total. The Labute approximate surface area is 102 Å². The number of carboxylic acids is 1. The number of halogens is 1. The molecule has 0 saturated heterocycles. The molecule has 4 nitrogen and oxygen atoms in total. The van der Waals surface area contributed by atoms with E-state index >= 15 is 0 Å². The first-order chi connectivity index (χ1) is 8.11. The van der Waals surface area contributed by atoms with Crippen LogP contribution in [0.2, 0.25) is 5.02 Å². The molecule has 0 spiro atoms. The van der Waals surface area contributed by atoms with Crippen LogP contribution in [-0.4, -0.2) is 18.2 Å². The van der Waals surface area contributed by atoms with Crippen molar-refractivity contribution < 1.29 is 19.1 Å². The van der Waals surface area contributed by atoms with Crippen LogP contribution in [0.4, 0.5) is 0 Å². The molecule has 0 amide bonds. The fourth-order valence-electron chi connectivity index (χ4n) is 1.42. The number of aromatic carboxylic acids is 1. The normalized spacial score (nSPS) is 10.2. The van der Waals surface area contributed by atoms with Crippen LogP contribution in [0.1, 0.15) is 10.6 Å². The Hall–Kier alpha value is -1.94. The highest BCUT2D eigenvalue weighted by molar-refractivity contribution is 6.33. The summed E-state index contributed by atoms with van der Waals surface area (Å²) in [5.74, 6) is -0.224. The summed E-state index contributed by atoms with van der Waals surface area (Å²) >= 11 is 6.01.